The molecule has 1 saturated carbocycles. The van der Waals surface area contributed by atoms with Crippen molar-refractivity contribution in [3.05, 3.63) is 18.3 Å². The minimum Gasteiger partial charge on any atom is -0.481 e. The monoisotopic (exact) mass is 469 g/mol. The standard InChI is InChI=1S/C24H31N5O5/c1-24(22(32)33)7-10-27(11-8-24)21(31)20-15-2-3-16(20)14-28(13-15)18-5-4-17(12-25-18)29-9-6-19(30)26-23(29)34/h4-5,12,15-16,20H,2-3,6-11,13-14H2,1H3,(H,32,33)(H,26,30,34). The fraction of sp³-hybridized carbons (Fsp3) is 0.625. The molecule has 4 heterocycles. The topological polar surface area (TPSA) is 123 Å². The number of hydrogen-bond acceptors (Lipinski definition) is 6. The van der Waals surface area contributed by atoms with Crippen molar-refractivity contribution in [2.45, 2.75) is 39.0 Å². The van der Waals surface area contributed by atoms with Crippen LogP contribution in [-0.2, 0) is 14.4 Å². The van der Waals surface area contributed by atoms with Crippen LogP contribution in [0.3, 0.4) is 0 Å². The molecule has 3 aliphatic heterocycles. The van der Waals surface area contributed by atoms with Gasteiger partial charge in [0.05, 0.1) is 17.3 Å². The van der Waals surface area contributed by atoms with Gasteiger partial charge in [-0.05, 0) is 56.6 Å². The molecule has 1 aromatic rings. The molecule has 0 aromatic carbocycles. The number of nitrogens with zero attached hydrogens (tertiary/aromatic N) is 4. The van der Waals surface area contributed by atoms with Crippen LogP contribution >= 0.6 is 0 Å². The predicted octanol–water partition coefficient (Wildman–Crippen LogP) is 1.70. The fourth-order valence-corrected chi connectivity index (χ4v) is 5.99. The van der Waals surface area contributed by atoms with Crippen LogP contribution < -0.4 is 15.1 Å². The van der Waals surface area contributed by atoms with Crippen molar-refractivity contribution in [3.8, 4) is 0 Å². The first-order valence-corrected chi connectivity index (χ1v) is 12.1. The van der Waals surface area contributed by atoms with Crippen molar-refractivity contribution < 1.29 is 24.3 Å². The molecule has 5 rings (SSSR count). The molecular weight excluding hydrogens is 438 g/mol. The molecule has 0 spiro atoms. The zero-order valence-electron chi connectivity index (χ0n) is 19.4. The first-order valence-electron chi connectivity index (χ1n) is 12.1. The lowest BCUT2D eigenvalue weighted by atomic mass is 9.79. The maximum Gasteiger partial charge on any atom is 0.328 e. The van der Waals surface area contributed by atoms with Gasteiger partial charge < -0.3 is 14.9 Å². The van der Waals surface area contributed by atoms with Crippen molar-refractivity contribution in [2.24, 2.45) is 23.2 Å². The van der Waals surface area contributed by atoms with E-state index < -0.39 is 17.4 Å². The van der Waals surface area contributed by atoms with Gasteiger partial charge in [0.25, 0.3) is 0 Å². The van der Waals surface area contributed by atoms with Gasteiger partial charge in [0.2, 0.25) is 11.8 Å². The number of pyridine rings is 1. The number of aromatic nitrogens is 1. The lowest BCUT2D eigenvalue weighted by molar-refractivity contribution is -0.154. The molecule has 3 saturated heterocycles. The smallest absolute Gasteiger partial charge is 0.328 e. The Labute approximate surface area is 198 Å². The Morgan fingerprint density at radius 2 is 1.76 bits per heavy atom. The first-order chi connectivity index (χ1) is 16.2. The third-order valence-corrected chi connectivity index (χ3v) is 8.24. The summed E-state index contributed by atoms with van der Waals surface area (Å²) in [6, 6.07) is 3.33. The van der Waals surface area contributed by atoms with Crippen LogP contribution in [0.15, 0.2) is 18.3 Å². The third-order valence-electron chi connectivity index (χ3n) is 8.24. The summed E-state index contributed by atoms with van der Waals surface area (Å²) < 4.78 is 0. The SMILES string of the molecule is CC1(C(=O)O)CCN(C(=O)C2C3CCC2CN(c2ccc(N4CCC(=O)NC4=O)cn2)C3)CC1. The van der Waals surface area contributed by atoms with Gasteiger partial charge >= 0.3 is 12.0 Å². The maximum atomic E-state index is 13.4. The molecule has 2 unspecified atom stereocenters. The van der Waals surface area contributed by atoms with E-state index in [1.807, 2.05) is 17.0 Å². The highest BCUT2D eigenvalue weighted by molar-refractivity contribution is 6.05. The molecule has 4 fully saturated rings. The highest BCUT2D eigenvalue weighted by atomic mass is 16.4. The van der Waals surface area contributed by atoms with Crippen molar-refractivity contribution in [1.82, 2.24) is 15.2 Å². The van der Waals surface area contributed by atoms with E-state index >= 15 is 0 Å². The Hall–Kier alpha value is -3.17. The number of imide groups is 1. The Balaban J connectivity index is 1.22. The van der Waals surface area contributed by atoms with Crippen LogP contribution in [0.1, 0.15) is 39.0 Å². The maximum absolute atomic E-state index is 13.4. The van der Waals surface area contributed by atoms with Crippen LogP contribution in [-0.4, -0.2) is 71.5 Å². The summed E-state index contributed by atoms with van der Waals surface area (Å²) in [5, 5.41) is 11.8. The predicted molar refractivity (Wildman–Crippen MR) is 123 cm³/mol. The second-order valence-electron chi connectivity index (χ2n) is 10.3. The van der Waals surface area contributed by atoms with E-state index in [4.69, 9.17) is 0 Å². The normalized spacial score (nSPS) is 28.6. The molecular formula is C24H31N5O5. The number of carboxylic acids is 1. The summed E-state index contributed by atoms with van der Waals surface area (Å²) >= 11 is 0. The number of rotatable bonds is 4. The van der Waals surface area contributed by atoms with E-state index in [-0.39, 0.29) is 36.0 Å². The van der Waals surface area contributed by atoms with E-state index in [0.29, 0.717) is 38.2 Å². The highest BCUT2D eigenvalue weighted by Gasteiger charge is 2.48. The summed E-state index contributed by atoms with van der Waals surface area (Å²) in [6.45, 7) is 4.66. The van der Waals surface area contributed by atoms with Gasteiger partial charge in [0.1, 0.15) is 5.82 Å². The number of carbonyl (C=O) groups excluding carboxylic acids is 3. The minimum absolute atomic E-state index is 0.000657. The van der Waals surface area contributed by atoms with Gasteiger partial charge in [-0.3, -0.25) is 24.6 Å². The molecule has 2 N–H and O–H groups in total. The van der Waals surface area contributed by atoms with Gasteiger partial charge in [-0.25, -0.2) is 9.78 Å². The number of anilines is 2. The lowest BCUT2D eigenvalue weighted by Gasteiger charge is -2.42. The number of piperidine rings is 2. The fourth-order valence-electron chi connectivity index (χ4n) is 5.99. The Kier molecular flexibility index (Phi) is 5.69. The number of carboxylic acid groups (broad SMARTS) is 1. The molecule has 10 heteroatoms. The summed E-state index contributed by atoms with van der Waals surface area (Å²) in [7, 11) is 0. The van der Waals surface area contributed by atoms with E-state index in [1.54, 1.807) is 13.1 Å². The van der Waals surface area contributed by atoms with Crippen molar-refractivity contribution in [1.29, 1.82) is 0 Å². The zero-order valence-corrected chi connectivity index (χ0v) is 19.4. The first kappa shape index (κ1) is 22.6. The van der Waals surface area contributed by atoms with Crippen LogP contribution in [0, 0.1) is 23.2 Å². The number of carbonyl (C=O) groups is 4. The number of nitrogens with one attached hydrogen (secondary N) is 1. The van der Waals surface area contributed by atoms with Crippen LogP contribution in [0.5, 0.6) is 0 Å². The van der Waals surface area contributed by atoms with Gasteiger partial charge in [-0.15, -0.1) is 0 Å². The second kappa shape index (κ2) is 8.56. The van der Waals surface area contributed by atoms with E-state index in [9.17, 15) is 24.3 Å². The number of likely N-dealkylation sites (tertiary alicyclic amines) is 1. The van der Waals surface area contributed by atoms with E-state index in [2.05, 4.69) is 15.2 Å². The van der Waals surface area contributed by atoms with Crippen molar-refractivity contribution >= 4 is 35.3 Å². The lowest BCUT2D eigenvalue weighted by Crippen LogP contribution is -2.52. The molecule has 2 bridgehead atoms. The average molecular weight is 470 g/mol. The number of fused-ring (bicyclic) bond motifs is 2. The quantitative estimate of drug-likeness (QED) is 0.688. The van der Waals surface area contributed by atoms with Crippen LogP contribution in [0.2, 0.25) is 0 Å². The molecule has 4 amide bonds. The van der Waals surface area contributed by atoms with Gasteiger partial charge in [-0.1, -0.05) is 0 Å². The van der Waals surface area contributed by atoms with Crippen molar-refractivity contribution in [2.75, 3.05) is 42.5 Å². The average Bonchev–Trinajstić information content (AvgIpc) is 3.08. The highest BCUT2D eigenvalue weighted by Crippen LogP contribution is 2.44. The zero-order chi connectivity index (χ0) is 24.0. The van der Waals surface area contributed by atoms with Crippen molar-refractivity contribution in [3.63, 3.8) is 0 Å². The van der Waals surface area contributed by atoms with E-state index in [0.717, 1.165) is 31.7 Å². The Morgan fingerprint density at radius 3 is 2.32 bits per heavy atom. The number of amides is 4. The van der Waals surface area contributed by atoms with Gasteiger partial charge in [-0.2, -0.15) is 0 Å². The molecule has 10 nitrogen and oxygen atoms in total. The summed E-state index contributed by atoms with van der Waals surface area (Å²) in [5.41, 5.74) is -0.0818. The summed E-state index contributed by atoms with van der Waals surface area (Å²) in [5.74, 6) is 0.502. The van der Waals surface area contributed by atoms with Crippen LogP contribution in [0.25, 0.3) is 0 Å². The molecule has 0 radical (unpaired) electrons. The Bertz CT molecular complexity index is 990. The molecule has 1 aromatic heterocycles. The number of hydrogen-bond donors (Lipinski definition) is 2. The molecule has 2 atom stereocenters. The number of aliphatic carboxylic acids is 1. The minimum atomic E-state index is -0.777. The molecule has 34 heavy (non-hydrogen) atoms. The molecule has 1 aliphatic carbocycles. The molecule has 182 valence electrons. The van der Waals surface area contributed by atoms with Gasteiger partial charge in [0.15, 0.2) is 0 Å². The molecule has 4 aliphatic rings. The second-order valence-corrected chi connectivity index (χ2v) is 10.3. The Morgan fingerprint density at radius 1 is 1.09 bits per heavy atom. The van der Waals surface area contributed by atoms with E-state index in [1.165, 1.54) is 4.90 Å². The van der Waals surface area contributed by atoms with Crippen LogP contribution in [0.4, 0.5) is 16.3 Å². The number of urea groups is 1. The largest absolute Gasteiger partial charge is 0.481 e. The third kappa shape index (κ3) is 3.99. The summed E-state index contributed by atoms with van der Waals surface area (Å²) in [4.78, 5) is 58.6. The summed E-state index contributed by atoms with van der Waals surface area (Å²) in [6.07, 6.45) is 4.96. The van der Waals surface area contributed by atoms with Gasteiger partial charge in [0, 0.05) is 45.1 Å².